The first kappa shape index (κ1) is 17.4. The number of anilines is 1. The zero-order valence-corrected chi connectivity index (χ0v) is 15.3. The Morgan fingerprint density at radius 2 is 1.64 bits per heavy atom. The van der Waals surface area contributed by atoms with Gasteiger partial charge < -0.3 is 9.80 Å². The molecule has 1 saturated heterocycles. The van der Waals surface area contributed by atoms with Gasteiger partial charge >= 0.3 is 0 Å². The lowest BCUT2D eigenvalue weighted by Gasteiger charge is -2.36. The zero-order valence-electron chi connectivity index (χ0n) is 15.3. The molecule has 0 unspecified atom stereocenters. The molecule has 5 nitrogen and oxygen atoms in total. The number of aryl methyl sites for hydroxylation is 1. The minimum absolute atomic E-state index is 0.162. The highest BCUT2D eigenvalue weighted by atomic mass is 16.2. The molecule has 0 N–H and O–H groups in total. The summed E-state index contributed by atoms with van der Waals surface area (Å²) in [5.41, 5.74) is 2.29. The fourth-order valence-corrected chi connectivity index (χ4v) is 3.21. The van der Waals surface area contributed by atoms with Crippen LogP contribution >= 0.6 is 0 Å². The molecular weight excluding hydrogens is 312 g/mol. The fraction of sp³-hybridized carbons (Fsp3) is 0.450. The van der Waals surface area contributed by atoms with Crippen LogP contribution in [0.25, 0.3) is 0 Å². The zero-order chi connectivity index (χ0) is 17.9. The third kappa shape index (κ3) is 4.16. The van der Waals surface area contributed by atoms with Crippen molar-refractivity contribution in [3.05, 3.63) is 53.9 Å². The second kappa shape index (κ2) is 7.21. The molecule has 2 heterocycles. The van der Waals surface area contributed by atoms with E-state index in [1.807, 2.05) is 11.0 Å². The molecule has 1 aliphatic heterocycles. The van der Waals surface area contributed by atoms with Crippen LogP contribution in [0, 0.1) is 6.92 Å². The van der Waals surface area contributed by atoms with Crippen LogP contribution in [0.1, 0.15) is 31.4 Å². The molecular formula is C20H26N4O. The highest BCUT2D eigenvalue weighted by Crippen LogP contribution is 2.28. The van der Waals surface area contributed by atoms with Crippen molar-refractivity contribution < 1.29 is 4.79 Å². The SMILES string of the molecule is Cc1ccc(C(C)(C)CC(=O)N2CCN(c3ncccn3)CC2)cc1. The number of piperazine rings is 1. The van der Waals surface area contributed by atoms with E-state index in [0.29, 0.717) is 6.42 Å². The third-order valence-corrected chi connectivity index (χ3v) is 4.89. The summed E-state index contributed by atoms with van der Waals surface area (Å²) in [7, 11) is 0. The van der Waals surface area contributed by atoms with Crippen molar-refractivity contribution in [3.8, 4) is 0 Å². The molecule has 1 fully saturated rings. The Labute approximate surface area is 149 Å². The molecule has 0 spiro atoms. The summed E-state index contributed by atoms with van der Waals surface area (Å²) in [5, 5.41) is 0. The van der Waals surface area contributed by atoms with E-state index in [1.54, 1.807) is 12.4 Å². The number of hydrogen-bond donors (Lipinski definition) is 0. The second-order valence-electron chi connectivity index (χ2n) is 7.34. The van der Waals surface area contributed by atoms with Crippen molar-refractivity contribution in [1.29, 1.82) is 0 Å². The molecule has 1 aliphatic rings. The van der Waals surface area contributed by atoms with Gasteiger partial charge in [0.1, 0.15) is 0 Å². The van der Waals surface area contributed by atoms with Gasteiger partial charge in [-0.1, -0.05) is 43.7 Å². The van der Waals surface area contributed by atoms with Gasteiger partial charge in [-0.25, -0.2) is 9.97 Å². The van der Waals surface area contributed by atoms with Crippen molar-refractivity contribution in [1.82, 2.24) is 14.9 Å². The molecule has 1 amide bonds. The van der Waals surface area contributed by atoms with Gasteiger partial charge in [-0.2, -0.15) is 0 Å². The molecule has 0 aliphatic carbocycles. The predicted octanol–water partition coefficient (Wildman–Crippen LogP) is 2.80. The average Bonchev–Trinajstić information content (AvgIpc) is 2.62. The van der Waals surface area contributed by atoms with Crippen molar-refractivity contribution in [3.63, 3.8) is 0 Å². The molecule has 2 aromatic rings. The van der Waals surface area contributed by atoms with E-state index in [4.69, 9.17) is 0 Å². The maximum Gasteiger partial charge on any atom is 0.225 e. The summed E-state index contributed by atoms with van der Waals surface area (Å²) in [6, 6.07) is 10.3. The number of aromatic nitrogens is 2. The van der Waals surface area contributed by atoms with Gasteiger partial charge in [0.25, 0.3) is 0 Å². The topological polar surface area (TPSA) is 49.3 Å². The van der Waals surface area contributed by atoms with Crippen LogP contribution in [0.2, 0.25) is 0 Å². The van der Waals surface area contributed by atoms with Gasteiger partial charge in [0, 0.05) is 45.0 Å². The van der Waals surface area contributed by atoms with Crippen LogP contribution in [-0.2, 0) is 10.2 Å². The molecule has 5 heteroatoms. The first-order chi connectivity index (χ1) is 12.0. The molecule has 1 aromatic heterocycles. The molecule has 0 bridgehead atoms. The summed E-state index contributed by atoms with van der Waals surface area (Å²) in [4.78, 5) is 25.5. The van der Waals surface area contributed by atoms with E-state index in [0.717, 1.165) is 32.1 Å². The molecule has 1 aromatic carbocycles. The predicted molar refractivity (Wildman–Crippen MR) is 99.6 cm³/mol. The highest BCUT2D eigenvalue weighted by Gasteiger charge is 2.29. The second-order valence-corrected chi connectivity index (χ2v) is 7.34. The number of rotatable bonds is 4. The van der Waals surface area contributed by atoms with E-state index in [2.05, 4.69) is 59.9 Å². The minimum atomic E-state index is -0.162. The maximum atomic E-state index is 12.8. The standard InChI is InChI=1S/C20H26N4O/c1-16-5-7-17(8-6-16)20(2,3)15-18(25)23-11-13-24(14-12-23)19-21-9-4-10-22-19/h4-10H,11-15H2,1-3H3. The van der Waals surface area contributed by atoms with Gasteiger partial charge in [0.2, 0.25) is 11.9 Å². The first-order valence-corrected chi connectivity index (χ1v) is 8.83. The van der Waals surface area contributed by atoms with Gasteiger partial charge in [-0.05, 0) is 24.0 Å². The van der Waals surface area contributed by atoms with E-state index in [9.17, 15) is 4.79 Å². The van der Waals surface area contributed by atoms with Crippen LogP contribution in [0.5, 0.6) is 0 Å². The van der Waals surface area contributed by atoms with Crippen molar-refractivity contribution in [2.45, 2.75) is 32.6 Å². The Bertz CT molecular complexity index is 704. The minimum Gasteiger partial charge on any atom is -0.339 e. The normalized spacial score (nSPS) is 15.3. The smallest absolute Gasteiger partial charge is 0.225 e. The lowest BCUT2D eigenvalue weighted by atomic mass is 9.81. The Balaban J connectivity index is 1.58. The van der Waals surface area contributed by atoms with Crippen molar-refractivity contribution in [2.24, 2.45) is 0 Å². The van der Waals surface area contributed by atoms with Crippen LogP contribution in [0.15, 0.2) is 42.7 Å². The van der Waals surface area contributed by atoms with Crippen LogP contribution in [0.4, 0.5) is 5.95 Å². The lowest BCUT2D eigenvalue weighted by molar-refractivity contribution is -0.132. The van der Waals surface area contributed by atoms with Gasteiger partial charge in [-0.15, -0.1) is 0 Å². The lowest BCUT2D eigenvalue weighted by Crippen LogP contribution is -2.50. The average molecular weight is 338 g/mol. The molecule has 25 heavy (non-hydrogen) atoms. The van der Waals surface area contributed by atoms with Gasteiger partial charge in [0.05, 0.1) is 0 Å². The Kier molecular flexibility index (Phi) is 5.02. The largest absolute Gasteiger partial charge is 0.339 e. The fourth-order valence-electron chi connectivity index (χ4n) is 3.21. The monoisotopic (exact) mass is 338 g/mol. The molecule has 0 atom stereocenters. The first-order valence-electron chi connectivity index (χ1n) is 8.83. The van der Waals surface area contributed by atoms with E-state index in [-0.39, 0.29) is 11.3 Å². The van der Waals surface area contributed by atoms with Crippen LogP contribution < -0.4 is 4.90 Å². The number of carbonyl (C=O) groups excluding carboxylic acids is 1. The summed E-state index contributed by atoms with van der Waals surface area (Å²) in [6.07, 6.45) is 4.03. The Morgan fingerprint density at radius 1 is 1.04 bits per heavy atom. The Morgan fingerprint density at radius 3 is 2.24 bits per heavy atom. The number of benzene rings is 1. The van der Waals surface area contributed by atoms with E-state index < -0.39 is 0 Å². The highest BCUT2D eigenvalue weighted by molar-refractivity contribution is 5.78. The van der Waals surface area contributed by atoms with E-state index >= 15 is 0 Å². The van der Waals surface area contributed by atoms with Crippen LogP contribution in [0.3, 0.4) is 0 Å². The molecule has 0 radical (unpaired) electrons. The van der Waals surface area contributed by atoms with Crippen LogP contribution in [-0.4, -0.2) is 47.0 Å². The quantitative estimate of drug-likeness (QED) is 0.860. The Hall–Kier alpha value is -2.43. The van der Waals surface area contributed by atoms with E-state index in [1.165, 1.54) is 11.1 Å². The number of hydrogen-bond acceptors (Lipinski definition) is 4. The van der Waals surface area contributed by atoms with Crippen molar-refractivity contribution >= 4 is 11.9 Å². The number of carbonyl (C=O) groups is 1. The molecule has 3 rings (SSSR count). The maximum absolute atomic E-state index is 12.8. The van der Waals surface area contributed by atoms with Gasteiger partial charge in [-0.3, -0.25) is 4.79 Å². The summed E-state index contributed by atoms with van der Waals surface area (Å²) in [5.74, 6) is 0.966. The molecule has 0 saturated carbocycles. The van der Waals surface area contributed by atoms with Crippen molar-refractivity contribution in [2.75, 3.05) is 31.1 Å². The third-order valence-electron chi connectivity index (χ3n) is 4.89. The summed E-state index contributed by atoms with van der Waals surface area (Å²) < 4.78 is 0. The van der Waals surface area contributed by atoms with Gasteiger partial charge in [0.15, 0.2) is 0 Å². The number of nitrogens with zero attached hydrogens (tertiary/aromatic N) is 4. The summed E-state index contributed by atoms with van der Waals surface area (Å²) >= 11 is 0. The molecule has 132 valence electrons. The summed E-state index contributed by atoms with van der Waals surface area (Å²) in [6.45, 7) is 9.37. The number of amides is 1.